The highest BCUT2D eigenvalue weighted by molar-refractivity contribution is 4.91. The number of likely N-dealkylation sites (tertiary alicyclic amines) is 1. The summed E-state index contributed by atoms with van der Waals surface area (Å²) in [6, 6.07) is 1.52. The standard InChI is InChI=1S/C15H30N2O/c1-3-9-16-14-6-4-5-7-15(14)17-10-8-13(11-17)12-18-2/h13-16H,3-12H2,1-2H3. The van der Waals surface area contributed by atoms with Crippen molar-refractivity contribution in [2.75, 3.05) is 33.4 Å². The zero-order valence-electron chi connectivity index (χ0n) is 12.2. The Hall–Kier alpha value is -0.120. The van der Waals surface area contributed by atoms with Crippen LogP contribution in [-0.2, 0) is 4.74 Å². The molecule has 3 heteroatoms. The Labute approximate surface area is 112 Å². The van der Waals surface area contributed by atoms with Crippen LogP contribution in [0, 0.1) is 5.92 Å². The van der Waals surface area contributed by atoms with Crippen LogP contribution in [0.2, 0.25) is 0 Å². The molecule has 2 aliphatic rings. The van der Waals surface area contributed by atoms with Crippen LogP contribution >= 0.6 is 0 Å². The largest absolute Gasteiger partial charge is 0.384 e. The topological polar surface area (TPSA) is 24.5 Å². The van der Waals surface area contributed by atoms with Crippen LogP contribution in [0.5, 0.6) is 0 Å². The van der Waals surface area contributed by atoms with E-state index in [9.17, 15) is 0 Å². The summed E-state index contributed by atoms with van der Waals surface area (Å²) >= 11 is 0. The van der Waals surface area contributed by atoms with Crippen molar-refractivity contribution in [1.29, 1.82) is 0 Å². The monoisotopic (exact) mass is 254 g/mol. The molecule has 1 saturated carbocycles. The van der Waals surface area contributed by atoms with E-state index in [2.05, 4.69) is 17.1 Å². The van der Waals surface area contributed by atoms with E-state index in [1.807, 2.05) is 7.11 Å². The van der Waals surface area contributed by atoms with E-state index in [4.69, 9.17) is 4.74 Å². The van der Waals surface area contributed by atoms with E-state index in [1.165, 1.54) is 58.2 Å². The van der Waals surface area contributed by atoms with Gasteiger partial charge >= 0.3 is 0 Å². The molecule has 0 aromatic heterocycles. The third-order valence-electron chi connectivity index (χ3n) is 4.57. The van der Waals surface area contributed by atoms with Crippen LogP contribution in [0.15, 0.2) is 0 Å². The average molecular weight is 254 g/mol. The van der Waals surface area contributed by atoms with Gasteiger partial charge in [0.15, 0.2) is 0 Å². The minimum Gasteiger partial charge on any atom is -0.384 e. The Morgan fingerprint density at radius 2 is 2.06 bits per heavy atom. The molecule has 0 aromatic carbocycles. The molecular formula is C15H30N2O. The molecule has 0 amide bonds. The SMILES string of the molecule is CCCNC1CCCCC1N1CCC(COC)C1. The van der Waals surface area contributed by atoms with E-state index in [0.717, 1.165) is 24.6 Å². The van der Waals surface area contributed by atoms with Gasteiger partial charge in [0.25, 0.3) is 0 Å². The van der Waals surface area contributed by atoms with Gasteiger partial charge in [-0.1, -0.05) is 19.8 Å². The van der Waals surface area contributed by atoms with Crippen molar-refractivity contribution in [2.45, 2.75) is 57.5 Å². The molecule has 1 aliphatic heterocycles. The smallest absolute Gasteiger partial charge is 0.0503 e. The summed E-state index contributed by atoms with van der Waals surface area (Å²) in [6.45, 7) is 6.91. The number of nitrogens with one attached hydrogen (secondary N) is 1. The van der Waals surface area contributed by atoms with Crippen LogP contribution in [-0.4, -0.2) is 50.3 Å². The summed E-state index contributed by atoms with van der Waals surface area (Å²) in [5, 5.41) is 3.77. The highest BCUT2D eigenvalue weighted by atomic mass is 16.5. The maximum atomic E-state index is 5.31. The molecule has 3 unspecified atom stereocenters. The van der Waals surface area contributed by atoms with Gasteiger partial charge in [-0.05, 0) is 44.7 Å². The first-order valence-electron chi connectivity index (χ1n) is 7.81. The van der Waals surface area contributed by atoms with Crippen LogP contribution in [0.3, 0.4) is 0 Å². The minimum absolute atomic E-state index is 0.736. The summed E-state index contributed by atoms with van der Waals surface area (Å²) in [5.74, 6) is 0.767. The van der Waals surface area contributed by atoms with Gasteiger partial charge in [0.2, 0.25) is 0 Å². The van der Waals surface area contributed by atoms with Crippen LogP contribution in [0.1, 0.15) is 45.4 Å². The number of hydrogen-bond acceptors (Lipinski definition) is 3. The molecule has 1 saturated heterocycles. The van der Waals surface area contributed by atoms with Crippen molar-refractivity contribution >= 4 is 0 Å². The second-order valence-electron chi connectivity index (χ2n) is 6.02. The van der Waals surface area contributed by atoms with Gasteiger partial charge in [0, 0.05) is 25.7 Å². The highest BCUT2D eigenvalue weighted by Gasteiger charge is 2.34. The fourth-order valence-corrected chi connectivity index (χ4v) is 3.65. The van der Waals surface area contributed by atoms with Gasteiger partial charge in [-0.15, -0.1) is 0 Å². The Balaban J connectivity index is 1.84. The van der Waals surface area contributed by atoms with Crippen LogP contribution < -0.4 is 5.32 Å². The third-order valence-corrected chi connectivity index (χ3v) is 4.57. The maximum Gasteiger partial charge on any atom is 0.0503 e. The normalized spacial score (nSPS) is 34.0. The molecule has 2 rings (SSSR count). The average Bonchev–Trinajstić information content (AvgIpc) is 2.86. The summed E-state index contributed by atoms with van der Waals surface area (Å²) in [6.07, 6.45) is 8.16. The van der Waals surface area contributed by atoms with Crippen molar-refractivity contribution in [3.8, 4) is 0 Å². The first-order chi connectivity index (χ1) is 8.85. The molecule has 0 spiro atoms. The van der Waals surface area contributed by atoms with E-state index in [1.54, 1.807) is 0 Å². The molecule has 106 valence electrons. The van der Waals surface area contributed by atoms with Gasteiger partial charge in [0.1, 0.15) is 0 Å². The molecule has 0 bridgehead atoms. The number of nitrogens with zero attached hydrogens (tertiary/aromatic N) is 1. The van der Waals surface area contributed by atoms with E-state index in [-0.39, 0.29) is 0 Å². The molecule has 1 aliphatic carbocycles. The van der Waals surface area contributed by atoms with Crippen molar-refractivity contribution in [2.24, 2.45) is 5.92 Å². The summed E-state index contributed by atoms with van der Waals surface area (Å²) in [7, 11) is 1.83. The number of methoxy groups -OCH3 is 1. The van der Waals surface area contributed by atoms with Crippen molar-refractivity contribution in [3.63, 3.8) is 0 Å². The predicted octanol–water partition coefficient (Wildman–Crippen LogP) is 2.27. The molecule has 1 N–H and O–H groups in total. The lowest BCUT2D eigenvalue weighted by molar-refractivity contribution is 0.123. The Morgan fingerprint density at radius 1 is 1.22 bits per heavy atom. The quantitative estimate of drug-likeness (QED) is 0.787. The molecule has 1 heterocycles. The van der Waals surface area contributed by atoms with Crippen LogP contribution in [0.25, 0.3) is 0 Å². The molecular weight excluding hydrogens is 224 g/mol. The summed E-state index contributed by atoms with van der Waals surface area (Å²) < 4.78 is 5.31. The molecule has 3 atom stereocenters. The number of ether oxygens (including phenoxy) is 1. The van der Waals surface area contributed by atoms with E-state index >= 15 is 0 Å². The van der Waals surface area contributed by atoms with Gasteiger partial charge in [-0.2, -0.15) is 0 Å². The maximum absolute atomic E-state index is 5.31. The Morgan fingerprint density at radius 3 is 2.83 bits per heavy atom. The Bertz CT molecular complexity index is 235. The molecule has 2 fully saturated rings. The van der Waals surface area contributed by atoms with Gasteiger partial charge < -0.3 is 10.1 Å². The van der Waals surface area contributed by atoms with Crippen molar-refractivity contribution in [1.82, 2.24) is 10.2 Å². The fourth-order valence-electron chi connectivity index (χ4n) is 3.65. The number of hydrogen-bond donors (Lipinski definition) is 1. The molecule has 0 radical (unpaired) electrons. The van der Waals surface area contributed by atoms with Gasteiger partial charge in [0.05, 0.1) is 6.61 Å². The van der Waals surface area contributed by atoms with Gasteiger partial charge in [-0.25, -0.2) is 0 Å². The highest BCUT2D eigenvalue weighted by Crippen LogP contribution is 2.28. The Kier molecular flexibility index (Phi) is 5.93. The first-order valence-corrected chi connectivity index (χ1v) is 7.81. The van der Waals surface area contributed by atoms with E-state index < -0.39 is 0 Å². The van der Waals surface area contributed by atoms with Crippen LogP contribution in [0.4, 0.5) is 0 Å². The molecule has 0 aromatic rings. The molecule has 18 heavy (non-hydrogen) atoms. The minimum atomic E-state index is 0.736. The molecule has 3 nitrogen and oxygen atoms in total. The number of rotatable bonds is 6. The lowest BCUT2D eigenvalue weighted by Gasteiger charge is -2.38. The lowest BCUT2D eigenvalue weighted by Crippen LogP contribution is -2.51. The second kappa shape index (κ2) is 7.46. The second-order valence-corrected chi connectivity index (χ2v) is 6.02. The van der Waals surface area contributed by atoms with Gasteiger partial charge in [-0.3, -0.25) is 4.90 Å². The third kappa shape index (κ3) is 3.69. The van der Waals surface area contributed by atoms with E-state index in [0.29, 0.717) is 0 Å². The zero-order valence-corrected chi connectivity index (χ0v) is 12.2. The summed E-state index contributed by atoms with van der Waals surface area (Å²) in [5.41, 5.74) is 0. The first kappa shape index (κ1) is 14.3. The predicted molar refractivity (Wildman–Crippen MR) is 75.9 cm³/mol. The fraction of sp³-hybridized carbons (Fsp3) is 1.00. The van der Waals surface area contributed by atoms with Crippen molar-refractivity contribution in [3.05, 3.63) is 0 Å². The summed E-state index contributed by atoms with van der Waals surface area (Å²) in [4.78, 5) is 2.73. The zero-order chi connectivity index (χ0) is 12.8. The van der Waals surface area contributed by atoms with Crippen molar-refractivity contribution < 1.29 is 4.74 Å². The lowest BCUT2D eigenvalue weighted by atomic mass is 9.89.